The lowest BCUT2D eigenvalue weighted by Crippen LogP contribution is -2.51. The number of benzene rings is 3. The highest BCUT2D eigenvalue weighted by Crippen LogP contribution is 2.28. The van der Waals surface area contributed by atoms with E-state index in [4.69, 9.17) is 4.74 Å². The molecule has 0 spiro atoms. The molecule has 1 unspecified atom stereocenters. The van der Waals surface area contributed by atoms with Gasteiger partial charge in [0, 0.05) is 19.2 Å². The van der Waals surface area contributed by atoms with Crippen molar-refractivity contribution in [2.75, 3.05) is 24.5 Å². The molecule has 0 aromatic heterocycles. The molecule has 0 bridgehead atoms. The molecule has 3 rings (SSSR count). The van der Waals surface area contributed by atoms with Crippen molar-refractivity contribution in [3.8, 4) is 5.75 Å². The number of likely N-dealkylation sites (N-methyl/N-ethyl adjacent to an activating group) is 1. The second kappa shape index (κ2) is 12.6. The Morgan fingerprint density at radius 1 is 0.947 bits per heavy atom. The first-order chi connectivity index (χ1) is 18.1. The standard InChI is InChI=1S/C29H35N3O5S/c1-6-30-29(34)23(4)31(19-24-14-10-21(2)11-15-24)28(33)20-32(25-8-7-9-26(18-25)37-5)38(35,36)27-16-12-22(3)13-17-27/h7-18,23H,6,19-20H2,1-5H3,(H,30,34). The SMILES string of the molecule is CCNC(=O)C(C)N(Cc1ccc(C)cc1)C(=O)CN(c1cccc(OC)c1)S(=O)(=O)c1ccc(C)cc1. The van der Waals surface area contributed by atoms with Gasteiger partial charge in [0.05, 0.1) is 17.7 Å². The molecular weight excluding hydrogens is 502 g/mol. The molecule has 9 heteroatoms. The number of anilines is 1. The van der Waals surface area contributed by atoms with Gasteiger partial charge in [0.25, 0.3) is 10.0 Å². The van der Waals surface area contributed by atoms with Crippen molar-refractivity contribution < 1.29 is 22.7 Å². The molecule has 2 amide bonds. The van der Waals surface area contributed by atoms with Gasteiger partial charge in [0.2, 0.25) is 11.8 Å². The number of rotatable bonds is 11. The molecule has 1 atom stereocenters. The van der Waals surface area contributed by atoms with Gasteiger partial charge in [-0.2, -0.15) is 0 Å². The number of sulfonamides is 1. The fourth-order valence-corrected chi connectivity index (χ4v) is 5.33. The van der Waals surface area contributed by atoms with Gasteiger partial charge < -0.3 is 15.0 Å². The van der Waals surface area contributed by atoms with E-state index < -0.39 is 28.5 Å². The highest BCUT2D eigenvalue weighted by molar-refractivity contribution is 7.92. The molecule has 0 radical (unpaired) electrons. The van der Waals surface area contributed by atoms with Crippen LogP contribution in [0.2, 0.25) is 0 Å². The molecule has 0 aliphatic rings. The third-order valence-electron chi connectivity index (χ3n) is 6.22. The van der Waals surface area contributed by atoms with Crippen LogP contribution in [0.1, 0.15) is 30.5 Å². The second-order valence-corrected chi connectivity index (χ2v) is 11.0. The maximum absolute atomic E-state index is 13.8. The first-order valence-electron chi connectivity index (χ1n) is 12.4. The monoisotopic (exact) mass is 537 g/mol. The van der Waals surface area contributed by atoms with E-state index in [1.54, 1.807) is 50.2 Å². The van der Waals surface area contributed by atoms with Gasteiger partial charge in [-0.25, -0.2) is 8.42 Å². The van der Waals surface area contributed by atoms with E-state index in [1.165, 1.54) is 24.1 Å². The molecule has 202 valence electrons. The molecule has 0 aliphatic carbocycles. The van der Waals surface area contributed by atoms with Crippen LogP contribution in [0.5, 0.6) is 5.75 Å². The summed E-state index contributed by atoms with van der Waals surface area (Å²) in [5, 5.41) is 2.76. The average Bonchev–Trinajstić information content (AvgIpc) is 2.91. The minimum Gasteiger partial charge on any atom is -0.497 e. The van der Waals surface area contributed by atoms with Crippen LogP contribution in [0, 0.1) is 13.8 Å². The number of aryl methyl sites for hydroxylation is 2. The van der Waals surface area contributed by atoms with Crippen LogP contribution >= 0.6 is 0 Å². The molecule has 0 saturated heterocycles. The lowest BCUT2D eigenvalue weighted by atomic mass is 10.1. The summed E-state index contributed by atoms with van der Waals surface area (Å²) in [5.74, 6) is -0.378. The number of nitrogens with one attached hydrogen (secondary N) is 1. The van der Waals surface area contributed by atoms with Gasteiger partial charge in [-0.1, -0.05) is 53.6 Å². The maximum atomic E-state index is 13.8. The summed E-state index contributed by atoms with van der Waals surface area (Å²) < 4.78 is 34.0. The fraction of sp³-hybridized carbons (Fsp3) is 0.310. The van der Waals surface area contributed by atoms with E-state index in [2.05, 4.69) is 5.32 Å². The predicted molar refractivity (Wildman–Crippen MR) is 149 cm³/mol. The van der Waals surface area contributed by atoms with E-state index in [1.807, 2.05) is 38.1 Å². The molecule has 0 aliphatic heterocycles. The maximum Gasteiger partial charge on any atom is 0.264 e. The van der Waals surface area contributed by atoms with Crippen molar-refractivity contribution in [3.63, 3.8) is 0 Å². The van der Waals surface area contributed by atoms with Gasteiger partial charge >= 0.3 is 0 Å². The van der Waals surface area contributed by atoms with Crippen LogP contribution in [-0.2, 0) is 26.2 Å². The molecule has 0 heterocycles. The van der Waals surface area contributed by atoms with E-state index in [9.17, 15) is 18.0 Å². The van der Waals surface area contributed by atoms with Crippen molar-refractivity contribution in [1.29, 1.82) is 0 Å². The number of nitrogens with zero attached hydrogens (tertiary/aromatic N) is 2. The zero-order valence-corrected chi connectivity index (χ0v) is 23.3. The quantitative estimate of drug-likeness (QED) is 0.398. The first-order valence-corrected chi connectivity index (χ1v) is 13.9. The summed E-state index contributed by atoms with van der Waals surface area (Å²) >= 11 is 0. The Morgan fingerprint density at radius 3 is 2.13 bits per heavy atom. The number of amides is 2. The van der Waals surface area contributed by atoms with Gasteiger partial charge in [-0.05, 0) is 57.5 Å². The van der Waals surface area contributed by atoms with Crippen LogP contribution in [0.4, 0.5) is 5.69 Å². The highest BCUT2D eigenvalue weighted by Gasteiger charge is 2.32. The van der Waals surface area contributed by atoms with Crippen LogP contribution in [-0.4, -0.2) is 51.4 Å². The van der Waals surface area contributed by atoms with Crippen LogP contribution in [0.25, 0.3) is 0 Å². The molecular formula is C29H35N3O5S. The van der Waals surface area contributed by atoms with E-state index >= 15 is 0 Å². The molecule has 1 N–H and O–H groups in total. The zero-order chi connectivity index (χ0) is 27.9. The van der Waals surface area contributed by atoms with Crippen LogP contribution in [0.3, 0.4) is 0 Å². The Kier molecular flexibility index (Phi) is 9.52. The van der Waals surface area contributed by atoms with Gasteiger partial charge in [-0.15, -0.1) is 0 Å². The largest absolute Gasteiger partial charge is 0.497 e. The fourth-order valence-electron chi connectivity index (χ4n) is 3.93. The summed E-state index contributed by atoms with van der Waals surface area (Å²) in [5.41, 5.74) is 3.08. The van der Waals surface area contributed by atoms with Gasteiger partial charge in [0.1, 0.15) is 18.3 Å². The molecule has 3 aromatic carbocycles. The van der Waals surface area contributed by atoms with Crippen molar-refractivity contribution in [2.45, 2.75) is 45.2 Å². The van der Waals surface area contributed by atoms with Gasteiger partial charge in [-0.3, -0.25) is 13.9 Å². The predicted octanol–water partition coefficient (Wildman–Crippen LogP) is 4.06. The average molecular weight is 538 g/mol. The van der Waals surface area contributed by atoms with E-state index in [0.29, 0.717) is 12.3 Å². The third-order valence-corrected chi connectivity index (χ3v) is 8.01. The van der Waals surface area contributed by atoms with E-state index in [-0.39, 0.29) is 23.0 Å². The number of ether oxygens (including phenoxy) is 1. The molecule has 0 saturated carbocycles. The minimum absolute atomic E-state index is 0.0561. The summed E-state index contributed by atoms with van der Waals surface area (Å²) in [4.78, 5) is 28.1. The summed E-state index contributed by atoms with van der Waals surface area (Å²) in [6, 6.07) is 19.8. The lowest BCUT2D eigenvalue weighted by molar-refractivity contribution is -0.139. The summed E-state index contributed by atoms with van der Waals surface area (Å²) in [6.07, 6.45) is 0. The van der Waals surface area contributed by atoms with Crippen molar-refractivity contribution in [1.82, 2.24) is 10.2 Å². The van der Waals surface area contributed by atoms with E-state index in [0.717, 1.165) is 21.0 Å². The van der Waals surface area contributed by atoms with Crippen molar-refractivity contribution in [3.05, 3.63) is 89.5 Å². The Morgan fingerprint density at radius 2 is 1.55 bits per heavy atom. The summed E-state index contributed by atoms with van der Waals surface area (Å²) in [7, 11) is -2.64. The normalized spacial score (nSPS) is 11.9. The Bertz CT molecular complexity index is 1360. The number of hydrogen-bond acceptors (Lipinski definition) is 5. The number of carbonyl (C=O) groups excluding carboxylic acids is 2. The third kappa shape index (κ3) is 6.92. The zero-order valence-electron chi connectivity index (χ0n) is 22.5. The number of methoxy groups -OCH3 is 1. The minimum atomic E-state index is -4.13. The molecule has 38 heavy (non-hydrogen) atoms. The van der Waals surface area contributed by atoms with Gasteiger partial charge in [0.15, 0.2) is 0 Å². The Labute approximate surface area is 225 Å². The topological polar surface area (TPSA) is 96.0 Å². The van der Waals surface area contributed by atoms with Crippen LogP contribution < -0.4 is 14.4 Å². The highest BCUT2D eigenvalue weighted by atomic mass is 32.2. The molecule has 8 nitrogen and oxygen atoms in total. The van der Waals surface area contributed by atoms with Crippen molar-refractivity contribution >= 4 is 27.5 Å². The molecule has 0 fully saturated rings. The smallest absolute Gasteiger partial charge is 0.264 e. The Hall–Kier alpha value is -3.85. The van der Waals surface area contributed by atoms with Crippen LogP contribution in [0.15, 0.2) is 77.7 Å². The second-order valence-electron chi connectivity index (χ2n) is 9.10. The number of carbonyl (C=O) groups is 2. The lowest BCUT2D eigenvalue weighted by Gasteiger charge is -2.32. The number of hydrogen-bond donors (Lipinski definition) is 1. The summed E-state index contributed by atoms with van der Waals surface area (Å²) in [6.45, 7) is 7.33. The Balaban J connectivity index is 2.04. The first kappa shape index (κ1) is 28.7. The van der Waals surface area contributed by atoms with Crippen molar-refractivity contribution in [2.24, 2.45) is 0 Å². The molecule has 3 aromatic rings.